The zero-order valence-electron chi connectivity index (χ0n) is 13.5. The normalized spacial score (nSPS) is 35.8. The summed E-state index contributed by atoms with van der Waals surface area (Å²) in [6.07, 6.45) is 9.62. The molecule has 3 saturated carbocycles. The van der Waals surface area contributed by atoms with Crippen LogP contribution in [0.4, 0.5) is 0 Å². The molecule has 2 bridgehead atoms. The van der Waals surface area contributed by atoms with Gasteiger partial charge in [-0.1, -0.05) is 6.42 Å². The van der Waals surface area contributed by atoms with E-state index in [4.69, 9.17) is 5.73 Å². The van der Waals surface area contributed by atoms with E-state index in [1.807, 2.05) is 0 Å². The van der Waals surface area contributed by atoms with Crippen molar-refractivity contribution in [1.29, 1.82) is 0 Å². The van der Waals surface area contributed by atoms with Crippen molar-refractivity contribution in [3.63, 3.8) is 0 Å². The third kappa shape index (κ3) is 3.24. The fourth-order valence-electron chi connectivity index (χ4n) is 4.72. The van der Waals surface area contributed by atoms with Crippen molar-refractivity contribution < 1.29 is 4.79 Å². The summed E-state index contributed by atoms with van der Waals surface area (Å²) >= 11 is 0. The molecular weight excluding hydrogens is 284 g/mol. The van der Waals surface area contributed by atoms with Crippen LogP contribution in [-0.2, 0) is 4.79 Å². The van der Waals surface area contributed by atoms with Crippen LogP contribution in [0.25, 0.3) is 0 Å². The first-order valence-electron chi connectivity index (χ1n) is 8.65. The Labute approximate surface area is 135 Å². The van der Waals surface area contributed by atoms with Gasteiger partial charge >= 0.3 is 0 Å². The lowest BCUT2D eigenvalue weighted by Gasteiger charge is -2.47. The van der Waals surface area contributed by atoms with Gasteiger partial charge in [-0.25, -0.2) is 0 Å². The van der Waals surface area contributed by atoms with E-state index in [2.05, 4.69) is 18.7 Å². The number of rotatable bonds is 3. The summed E-state index contributed by atoms with van der Waals surface area (Å²) in [6.45, 7) is 4.34. The van der Waals surface area contributed by atoms with Crippen molar-refractivity contribution in [2.24, 2.45) is 23.5 Å². The average Bonchev–Trinajstić information content (AvgIpc) is 2.32. The molecule has 1 amide bonds. The molecule has 2 unspecified atom stereocenters. The molecule has 3 nitrogen and oxygen atoms in total. The first-order valence-corrected chi connectivity index (χ1v) is 8.65. The van der Waals surface area contributed by atoms with Gasteiger partial charge in [0.25, 0.3) is 0 Å². The Morgan fingerprint density at radius 1 is 1.05 bits per heavy atom. The van der Waals surface area contributed by atoms with E-state index in [9.17, 15) is 4.79 Å². The van der Waals surface area contributed by atoms with Crippen LogP contribution >= 0.6 is 12.4 Å². The molecule has 122 valence electrons. The van der Waals surface area contributed by atoms with Gasteiger partial charge in [-0.05, 0) is 70.6 Å². The van der Waals surface area contributed by atoms with E-state index in [1.165, 1.54) is 38.5 Å². The van der Waals surface area contributed by atoms with Crippen molar-refractivity contribution in [3.05, 3.63) is 0 Å². The van der Waals surface area contributed by atoms with Crippen molar-refractivity contribution in [2.45, 2.75) is 83.3 Å². The molecule has 0 saturated heterocycles. The third-order valence-electron chi connectivity index (χ3n) is 6.04. The largest absolute Gasteiger partial charge is 0.337 e. The second-order valence-electron chi connectivity index (χ2n) is 7.62. The highest BCUT2D eigenvalue weighted by atomic mass is 35.5. The number of nitrogens with two attached hydrogens (primary N) is 1. The minimum Gasteiger partial charge on any atom is -0.337 e. The van der Waals surface area contributed by atoms with E-state index in [1.54, 1.807) is 0 Å². The highest BCUT2D eigenvalue weighted by molar-refractivity contribution is 5.85. The zero-order chi connectivity index (χ0) is 14.3. The SMILES string of the molecule is CC(C)N(C(=O)C1CC2CCCC(C1)C2N)C1CCC1.Cl. The molecule has 0 heterocycles. The molecule has 2 atom stereocenters. The maximum atomic E-state index is 13.0. The van der Waals surface area contributed by atoms with Gasteiger partial charge in [0, 0.05) is 24.0 Å². The lowest BCUT2D eigenvalue weighted by molar-refractivity contribution is -0.145. The van der Waals surface area contributed by atoms with Gasteiger partial charge in [0.2, 0.25) is 5.91 Å². The number of halogens is 1. The Balaban J connectivity index is 0.00000161. The Bertz CT molecular complexity index is 356. The second kappa shape index (κ2) is 6.87. The Morgan fingerprint density at radius 2 is 1.57 bits per heavy atom. The number of carbonyl (C=O) groups is 1. The monoisotopic (exact) mass is 314 g/mol. The van der Waals surface area contributed by atoms with Crippen molar-refractivity contribution in [1.82, 2.24) is 4.90 Å². The molecule has 2 N–H and O–H groups in total. The molecule has 0 aromatic heterocycles. The summed E-state index contributed by atoms with van der Waals surface area (Å²) in [5, 5.41) is 0. The fraction of sp³-hybridized carbons (Fsp3) is 0.941. The van der Waals surface area contributed by atoms with Crippen LogP contribution in [0.1, 0.15) is 65.2 Å². The molecule has 3 rings (SSSR count). The van der Waals surface area contributed by atoms with Crippen LogP contribution in [0, 0.1) is 17.8 Å². The molecule has 21 heavy (non-hydrogen) atoms. The minimum absolute atomic E-state index is 0. The van der Waals surface area contributed by atoms with Crippen LogP contribution < -0.4 is 5.73 Å². The number of carbonyl (C=O) groups excluding carboxylic acids is 1. The van der Waals surface area contributed by atoms with E-state index in [-0.39, 0.29) is 18.3 Å². The number of amides is 1. The zero-order valence-corrected chi connectivity index (χ0v) is 14.3. The van der Waals surface area contributed by atoms with Crippen LogP contribution in [0.2, 0.25) is 0 Å². The molecule has 3 aliphatic carbocycles. The van der Waals surface area contributed by atoms with E-state index < -0.39 is 0 Å². The summed E-state index contributed by atoms with van der Waals surface area (Å²) in [7, 11) is 0. The number of fused-ring (bicyclic) bond motifs is 2. The predicted molar refractivity (Wildman–Crippen MR) is 88.4 cm³/mol. The molecular formula is C17H31ClN2O. The maximum Gasteiger partial charge on any atom is 0.226 e. The van der Waals surface area contributed by atoms with Gasteiger partial charge in [-0.3, -0.25) is 4.79 Å². The van der Waals surface area contributed by atoms with Crippen molar-refractivity contribution >= 4 is 18.3 Å². The third-order valence-corrected chi connectivity index (χ3v) is 6.04. The molecule has 0 spiro atoms. The molecule has 0 aliphatic heterocycles. The van der Waals surface area contributed by atoms with Crippen LogP contribution in [0.5, 0.6) is 0 Å². The summed E-state index contributed by atoms with van der Waals surface area (Å²) in [4.78, 5) is 15.2. The number of nitrogens with zero attached hydrogens (tertiary/aromatic N) is 1. The lowest BCUT2D eigenvalue weighted by atomic mass is 9.64. The molecule has 0 aromatic rings. The molecule has 3 aliphatic rings. The van der Waals surface area contributed by atoms with E-state index in [0.717, 1.165) is 12.8 Å². The van der Waals surface area contributed by atoms with Gasteiger partial charge in [0.1, 0.15) is 0 Å². The van der Waals surface area contributed by atoms with Crippen molar-refractivity contribution in [2.75, 3.05) is 0 Å². The van der Waals surface area contributed by atoms with Gasteiger partial charge in [-0.2, -0.15) is 0 Å². The highest BCUT2D eigenvalue weighted by Crippen LogP contribution is 2.43. The van der Waals surface area contributed by atoms with E-state index in [0.29, 0.717) is 35.9 Å². The molecule has 4 heteroatoms. The van der Waals surface area contributed by atoms with Crippen LogP contribution in [0.15, 0.2) is 0 Å². The Morgan fingerprint density at radius 3 is 2.00 bits per heavy atom. The quantitative estimate of drug-likeness (QED) is 0.868. The summed E-state index contributed by atoms with van der Waals surface area (Å²) in [5.74, 6) is 1.90. The maximum absolute atomic E-state index is 13.0. The van der Waals surface area contributed by atoms with Gasteiger partial charge in [0.15, 0.2) is 0 Å². The van der Waals surface area contributed by atoms with Gasteiger partial charge in [0.05, 0.1) is 0 Å². The summed E-state index contributed by atoms with van der Waals surface area (Å²) in [5.41, 5.74) is 6.35. The van der Waals surface area contributed by atoms with Crippen LogP contribution in [-0.4, -0.2) is 28.9 Å². The standard InChI is InChI=1S/C17H30N2O.ClH/c1-11(2)19(15-7-4-8-15)17(20)14-9-12-5-3-6-13(10-14)16(12)18;/h11-16H,3-10,18H2,1-2H3;1H. The van der Waals surface area contributed by atoms with Crippen molar-refractivity contribution in [3.8, 4) is 0 Å². The lowest BCUT2D eigenvalue weighted by Crippen LogP contribution is -2.54. The molecule has 0 aromatic carbocycles. The second-order valence-corrected chi connectivity index (χ2v) is 7.62. The number of hydrogen-bond donors (Lipinski definition) is 1. The minimum atomic E-state index is 0. The average molecular weight is 315 g/mol. The Hall–Kier alpha value is -0.280. The smallest absolute Gasteiger partial charge is 0.226 e. The first kappa shape index (κ1) is 17.1. The fourth-order valence-corrected chi connectivity index (χ4v) is 4.72. The van der Waals surface area contributed by atoms with E-state index >= 15 is 0 Å². The van der Waals surface area contributed by atoms with Gasteiger partial charge in [-0.15, -0.1) is 12.4 Å². The van der Waals surface area contributed by atoms with Crippen LogP contribution in [0.3, 0.4) is 0 Å². The highest BCUT2D eigenvalue weighted by Gasteiger charge is 2.43. The summed E-state index contributed by atoms with van der Waals surface area (Å²) in [6, 6.07) is 1.24. The topological polar surface area (TPSA) is 46.3 Å². The predicted octanol–water partition coefficient (Wildman–Crippen LogP) is 3.35. The molecule has 0 radical (unpaired) electrons. The number of hydrogen-bond acceptors (Lipinski definition) is 2. The Kier molecular flexibility index (Phi) is 5.59. The first-order chi connectivity index (χ1) is 9.58. The van der Waals surface area contributed by atoms with Gasteiger partial charge < -0.3 is 10.6 Å². The molecule has 3 fully saturated rings. The summed E-state index contributed by atoms with van der Waals surface area (Å²) < 4.78 is 0.